The van der Waals surface area contributed by atoms with E-state index in [-0.39, 0.29) is 24.6 Å². The van der Waals surface area contributed by atoms with Gasteiger partial charge in [-0.25, -0.2) is 0 Å². The highest BCUT2D eigenvalue weighted by Gasteiger charge is 2.53. The van der Waals surface area contributed by atoms with Crippen LogP contribution in [-0.4, -0.2) is 17.4 Å². The SMILES string of the molecule is CC(C)(C)OC(=O)C1(c2ccc(N)cc2)CC(=O)C1. The Morgan fingerprint density at radius 1 is 1.21 bits per heavy atom. The molecule has 0 aliphatic heterocycles. The first-order valence-corrected chi connectivity index (χ1v) is 6.34. The molecule has 0 amide bonds. The fourth-order valence-corrected chi connectivity index (χ4v) is 2.27. The lowest BCUT2D eigenvalue weighted by Gasteiger charge is -2.40. The van der Waals surface area contributed by atoms with Crippen molar-refractivity contribution < 1.29 is 14.3 Å². The second-order valence-corrected chi connectivity index (χ2v) is 6.10. The molecule has 102 valence electrons. The van der Waals surface area contributed by atoms with Crippen LogP contribution in [0.25, 0.3) is 0 Å². The summed E-state index contributed by atoms with van der Waals surface area (Å²) >= 11 is 0. The van der Waals surface area contributed by atoms with Crippen LogP contribution in [0.3, 0.4) is 0 Å². The van der Waals surface area contributed by atoms with E-state index in [0.717, 1.165) is 5.56 Å². The van der Waals surface area contributed by atoms with Crippen LogP contribution in [0, 0.1) is 0 Å². The minimum Gasteiger partial charge on any atom is -0.459 e. The van der Waals surface area contributed by atoms with Crippen LogP contribution in [-0.2, 0) is 19.7 Å². The van der Waals surface area contributed by atoms with Crippen molar-refractivity contribution >= 4 is 17.4 Å². The van der Waals surface area contributed by atoms with Crippen LogP contribution in [0.1, 0.15) is 39.2 Å². The van der Waals surface area contributed by atoms with Gasteiger partial charge in [-0.2, -0.15) is 0 Å². The highest BCUT2D eigenvalue weighted by Crippen LogP contribution is 2.43. The van der Waals surface area contributed by atoms with Gasteiger partial charge in [0.15, 0.2) is 0 Å². The predicted octanol–water partition coefficient (Wildman–Crippen LogP) is 2.21. The van der Waals surface area contributed by atoms with E-state index in [9.17, 15) is 9.59 Å². The van der Waals surface area contributed by atoms with Gasteiger partial charge in [0.2, 0.25) is 0 Å². The monoisotopic (exact) mass is 261 g/mol. The van der Waals surface area contributed by atoms with Crippen molar-refractivity contribution in [1.29, 1.82) is 0 Å². The molecule has 1 saturated carbocycles. The van der Waals surface area contributed by atoms with E-state index in [1.807, 2.05) is 20.8 Å². The third-order valence-electron chi connectivity index (χ3n) is 3.25. The maximum Gasteiger partial charge on any atom is 0.317 e. The molecule has 0 saturated heterocycles. The van der Waals surface area contributed by atoms with Crippen molar-refractivity contribution in [3.8, 4) is 0 Å². The topological polar surface area (TPSA) is 69.4 Å². The second-order valence-electron chi connectivity index (χ2n) is 6.10. The fourth-order valence-electron chi connectivity index (χ4n) is 2.27. The van der Waals surface area contributed by atoms with Gasteiger partial charge >= 0.3 is 5.97 Å². The molecule has 0 heterocycles. The standard InChI is InChI=1S/C15H19NO3/c1-14(2,3)19-13(18)15(8-12(17)9-15)10-4-6-11(16)7-5-10/h4-7H,8-9,16H2,1-3H3. The van der Waals surface area contributed by atoms with E-state index in [1.54, 1.807) is 24.3 Å². The van der Waals surface area contributed by atoms with Crippen molar-refractivity contribution in [1.82, 2.24) is 0 Å². The van der Waals surface area contributed by atoms with E-state index in [4.69, 9.17) is 10.5 Å². The zero-order valence-electron chi connectivity index (χ0n) is 11.5. The number of hydrogen-bond donors (Lipinski definition) is 1. The number of ketones is 1. The Morgan fingerprint density at radius 3 is 2.16 bits per heavy atom. The van der Waals surface area contributed by atoms with E-state index in [0.29, 0.717) is 5.69 Å². The number of nitrogen functional groups attached to an aromatic ring is 1. The normalized spacial score (nSPS) is 17.7. The molecule has 0 spiro atoms. The van der Waals surface area contributed by atoms with Crippen LogP contribution in [0.5, 0.6) is 0 Å². The largest absolute Gasteiger partial charge is 0.459 e. The van der Waals surface area contributed by atoms with Gasteiger partial charge in [0.05, 0.1) is 0 Å². The Morgan fingerprint density at radius 2 is 1.74 bits per heavy atom. The quantitative estimate of drug-likeness (QED) is 0.654. The van der Waals surface area contributed by atoms with Gasteiger partial charge in [0, 0.05) is 18.5 Å². The molecule has 2 rings (SSSR count). The van der Waals surface area contributed by atoms with Crippen molar-refractivity contribution in [2.45, 2.75) is 44.6 Å². The molecule has 2 N–H and O–H groups in total. The van der Waals surface area contributed by atoms with Crippen LogP contribution in [0.4, 0.5) is 5.69 Å². The summed E-state index contributed by atoms with van der Waals surface area (Å²) in [6.07, 6.45) is 0.428. The molecule has 0 radical (unpaired) electrons. The van der Waals surface area contributed by atoms with Crippen LogP contribution in [0.15, 0.2) is 24.3 Å². The third-order valence-corrected chi connectivity index (χ3v) is 3.25. The average molecular weight is 261 g/mol. The number of Topliss-reactive ketones (excluding diaryl/α,β-unsaturated/α-hetero) is 1. The summed E-state index contributed by atoms with van der Waals surface area (Å²) in [7, 11) is 0. The summed E-state index contributed by atoms with van der Waals surface area (Å²) in [5.41, 5.74) is 5.71. The lowest BCUT2D eigenvalue weighted by molar-refractivity contribution is -0.169. The number of carbonyl (C=O) groups is 2. The van der Waals surface area contributed by atoms with Gasteiger partial charge in [-0.1, -0.05) is 12.1 Å². The number of esters is 1. The zero-order valence-corrected chi connectivity index (χ0v) is 11.5. The zero-order chi connectivity index (χ0) is 14.3. The molecule has 0 bridgehead atoms. The summed E-state index contributed by atoms with van der Waals surface area (Å²) in [5, 5.41) is 0. The first-order valence-electron chi connectivity index (χ1n) is 6.34. The Hall–Kier alpha value is -1.84. The molecule has 19 heavy (non-hydrogen) atoms. The third kappa shape index (κ3) is 2.62. The van der Waals surface area contributed by atoms with E-state index < -0.39 is 11.0 Å². The first-order chi connectivity index (χ1) is 8.73. The summed E-state index contributed by atoms with van der Waals surface area (Å²) in [6.45, 7) is 5.46. The van der Waals surface area contributed by atoms with Crippen LogP contribution >= 0.6 is 0 Å². The van der Waals surface area contributed by atoms with Gasteiger partial charge in [-0.15, -0.1) is 0 Å². The van der Waals surface area contributed by atoms with E-state index in [1.165, 1.54) is 0 Å². The number of nitrogens with two attached hydrogens (primary N) is 1. The summed E-state index contributed by atoms with van der Waals surface area (Å²) in [4.78, 5) is 23.8. The number of anilines is 1. The Bertz CT molecular complexity index is 503. The summed E-state index contributed by atoms with van der Waals surface area (Å²) in [5.74, 6) is -0.243. The molecule has 4 heteroatoms. The lowest BCUT2D eigenvalue weighted by atomic mass is 9.63. The predicted molar refractivity (Wildman–Crippen MR) is 72.6 cm³/mol. The van der Waals surface area contributed by atoms with Crippen molar-refractivity contribution in [3.05, 3.63) is 29.8 Å². The molecular weight excluding hydrogens is 242 g/mol. The minimum absolute atomic E-state index is 0.0858. The van der Waals surface area contributed by atoms with Crippen molar-refractivity contribution in [2.75, 3.05) is 5.73 Å². The molecule has 0 atom stereocenters. The highest BCUT2D eigenvalue weighted by atomic mass is 16.6. The maximum absolute atomic E-state index is 12.4. The molecule has 1 aromatic rings. The molecule has 1 aliphatic carbocycles. The molecule has 1 aromatic carbocycles. The fraction of sp³-hybridized carbons (Fsp3) is 0.467. The van der Waals surface area contributed by atoms with Gasteiger partial charge < -0.3 is 10.5 Å². The molecule has 1 fully saturated rings. The van der Waals surface area contributed by atoms with Crippen molar-refractivity contribution in [3.63, 3.8) is 0 Å². The summed E-state index contributed by atoms with van der Waals surface area (Å²) < 4.78 is 5.46. The Labute approximate surface area is 112 Å². The molecule has 1 aliphatic rings. The molecular formula is C15H19NO3. The molecule has 4 nitrogen and oxygen atoms in total. The van der Waals surface area contributed by atoms with E-state index in [2.05, 4.69) is 0 Å². The number of rotatable bonds is 2. The Balaban J connectivity index is 2.31. The van der Waals surface area contributed by atoms with Crippen LogP contribution in [0.2, 0.25) is 0 Å². The molecule has 0 aromatic heterocycles. The van der Waals surface area contributed by atoms with E-state index >= 15 is 0 Å². The number of ether oxygens (including phenoxy) is 1. The maximum atomic E-state index is 12.4. The number of hydrogen-bond acceptors (Lipinski definition) is 4. The minimum atomic E-state index is -0.821. The lowest BCUT2D eigenvalue weighted by Crippen LogP contribution is -2.51. The first kappa shape index (κ1) is 13.6. The van der Waals surface area contributed by atoms with Gasteiger partial charge in [-0.3, -0.25) is 9.59 Å². The Kier molecular flexibility index (Phi) is 3.12. The van der Waals surface area contributed by atoms with Gasteiger partial charge in [0.25, 0.3) is 0 Å². The molecule has 0 unspecified atom stereocenters. The number of carbonyl (C=O) groups excluding carboxylic acids is 2. The highest BCUT2D eigenvalue weighted by molar-refractivity contribution is 6.02. The average Bonchev–Trinajstić information content (AvgIpc) is 2.23. The van der Waals surface area contributed by atoms with Gasteiger partial charge in [0.1, 0.15) is 16.8 Å². The smallest absolute Gasteiger partial charge is 0.317 e. The van der Waals surface area contributed by atoms with Gasteiger partial charge in [-0.05, 0) is 38.5 Å². The van der Waals surface area contributed by atoms with Crippen molar-refractivity contribution in [2.24, 2.45) is 0 Å². The number of benzene rings is 1. The van der Waals surface area contributed by atoms with Crippen LogP contribution < -0.4 is 5.73 Å². The second kappa shape index (κ2) is 4.37. The summed E-state index contributed by atoms with van der Waals surface area (Å²) in [6, 6.07) is 7.08.